The molecule has 0 fully saturated rings. The summed E-state index contributed by atoms with van der Waals surface area (Å²) in [4.78, 5) is 12.3. The van der Waals surface area contributed by atoms with E-state index >= 15 is 0 Å². The number of fused-ring (bicyclic) bond motifs is 1. The summed E-state index contributed by atoms with van der Waals surface area (Å²) in [5.74, 6) is 0.276. The average Bonchev–Trinajstić information content (AvgIpc) is 3.09. The molecule has 1 N–H and O–H groups in total. The number of benzene rings is 3. The van der Waals surface area contributed by atoms with E-state index in [1.807, 2.05) is 29.1 Å². The highest BCUT2D eigenvalue weighted by molar-refractivity contribution is 6.31. The summed E-state index contributed by atoms with van der Waals surface area (Å²) in [6.07, 6.45) is 1.86. The lowest BCUT2D eigenvalue weighted by atomic mass is 10.0. The maximum atomic E-state index is 12.3. The summed E-state index contributed by atoms with van der Waals surface area (Å²) in [5.41, 5.74) is 1.68. The minimum Gasteiger partial charge on any atom is -0.305 e. The van der Waals surface area contributed by atoms with E-state index in [0.717, 1.165) is 0 Å². The van der Waals surface area contributed by atoms with Gasteiger partial charge in [-0.3, -0.25) is 9.48 Å². The van der Waals surface area contributed by atoms with Crippen LogP contribution in [0.25, 0.3) is 10.8 Å². The Morgan fingerprint density at radius 2 is 1.81 bits per heavy atom. The Hall–Kier alpha value is -3.11. The van der Waals surface area contributed by atoms with E-state index in [0.29, 0.717) is 22.9 Å². The zero-order valence-corrected chi connectivity index (χ0v) is 14.6. The molecule has 0 radical (unpaired) electrons. The first-order valence-electron chi connectivity index (χ1n) is 8.26. The molecule has 4 nitrogen and oxygen atoms in total. The summed E-state index contributed by atoms with van der Waals surface area (Å²) in [7, 11) is 0. The standard InChI is InChI=1S/C21H16ClN3O/c22-18-9-4-7-16(13-18)21(26)23-20-11-12-25(24-20)14-17-8-3-6-15-5-1-2-10-19(15)17/h1-13H,14H2,(H,23,24,26). The number of nitrogens with zero attached hydrogens (tertiary/aromatic N) is 2. The fourth-order valence-corrected chi connectivity index (χ4v) is 3.13. The van der Waals surface area contributed by atoms with Crippen LogP contribution in [0.15, 0.2) is 79.0 Å². The fourth-order valence-electron chi connectivity index (χ4n) is 2.94. The molecule has 1 amide bonds. The van der Waals surface area contributed by atoms with Crippen LogP contribution in [-0.4, -0.2) is 15.7 Å². The van der Waals surface area contributed by atoms with Crippen molar-refractivity contribution in [3.05, 3.63) is 95.1 Å². The minimum atomic E-state index is -0.233. The summed E-state index contributed by atoms with van der Waals surface area (Å²) >= 11 is 5.93. The van der Waals surface area contributed by atoms with E-state index in [2.05, 4.69) is 34.7 Å². The molecule has 0 saturated carbocycles. The topological polar surface area (TPSA) is 46.9 Å². The highest BCUT2D eigenvalue weighted by Gasteiger charge is 2.09. The molecule has 4 aromatic rings. The van der Waals surface area contributed by atoms with Crippen LogP contribution in [-0.2, 0) is 6.54 Å². The first kappa shape index (κ1) is 16.4. The molecule has 0 atom stereocenters. The molecular formula is C21H16ClN3O. The predicted octanol–water partition coefficient (Wildman–Crippen LogP) is 4.99. The summed E-state index contributed by atoms with van der Waals surface area (Å²) in [6.45, 7) is 0.633. The molecule has 1 heterocycles. The molecule has 0 bridgehead atoms. The zero-order chi connectivity index (χ0) is 17.9. The van der Waals surface area contributed by atoms with Gasteiger partial charge in [-0.25, -0.2) is 0 Å². The minimum absolute atomic E-state index is 0.233. The van der Waals surface area contributed by atoms with Crippen molar-refractivity contribution >= 4 is 34.1 Å². The van der Waals surface area contributed by atoms with Crippen LogP contribution >= 0.6 is 11.6 Å². The number of aromatic nitrogens is 2. The lowest BCUT2D eigenvalue weighted by Crippen LogP contribution is -2.12. The molecular weight excluding hydrogens is 346 g/mol. The summed E-state index contributed by atoms with van der Waals surface area (Å²) in [6, 6.07) is 23.1. The van der Waals surface area contributed by atoms with Crippen LogP contribution in [0.5, 0.6) is 0 Å². The fraction of sp³-hybridized carbons (Fsp3) is 0.0476. The van der Waals surface area contributed by atoms with E-state index < -0.39 is 0 Å². The highest BCUT2D eigenvalue weighted by Crippen LogP contribution is 2.20. The van der Waals surface area contributed by atoms with Gasteiger partial charge < -0.3 is 5.32 Å². The van der Waals surface area contributed by atoms with Crippen molar-refractivity contribution in [2.24, 2.45) is 0 Å². The molecule has 0 saturated heterocycles. The van der Waals surface area contributed by atoms with E-state index in [1.165, 1.54) is 16.3 Å². The predicted molar refractivity (Wildman–Crippen MR) is 105 cm³/mol. The zero-order valence-electron chi connectivity index (χ0n) is 13.9. The van der Waals surface area contributed by atoms with Gasteiger partial charge in [0.2, 0.25) is 0 Å². The van der Waals surface area contributed by atoms with Crippen molar-refractivity contribution in [2.45, 2.75) is 6.54 Å². The molecule has 128 valence electrons. The Balaban J connectivity index is 1.52. The lowest BCUT2D eigenvalue weighted by molar-refractivity contribution is 0.102. The second-order valence-electron chi connectivity index (χ2n) is 6.00. The molecule has 0 aliphatic rings. The van der Waals surface area contributed by atoms with Crippen molar-refractivity contribution in [3.63, 3.8) is 0 Å². The normalized spacial score (nSPS) is 10.8. The number of hydrogen-bond acceptors (Lipinski definition) is 2. The van der Waals surface area contributed by atoms with Crippen LogP contribution in [0.2, 0.25) is 5.02 Å². The van der Waals surface area contributed by atoms with Gasteiger partial charge in [0.15, 0.2) is 5.82 Å². The number of carbonyl (C=O) groups is 1. The van der Waals surface area contributed by atoms with Gasteiger partial charge >= 0.3 is 0 Å². The van der Waals surface area contributed by atoms with Crippen LogP contribution in [0.1, 0.15) is 15.9 Å². The Bertz CT molecular complexity index is 1080. The molecule has 4 rings (SSSR count). The van der Waals surface area contributed by atoms with Crippen molar-refractivity contribution in [2.75, 3.05) is 5.32 Å². The number of rotatable bonds is 4. The third-order valence-electron chi connectivity index (χ3n) is 4.18. The maximum Gasteiger partial charge on any atom is 0.256 e. The number of hydrogen-bond donors (Lipinski definition) is 1. The van der Waals surface area contributed by atoms with Gasteiger partial charge in [-0.05, 0) is 34.5 Å². The number of nitrogens with one attached hydrogen (secondary N) is 1. The van der Waals surface area contributed by atoms with Gasteiger partial charge in [0.05, 0.1) is 6.54 Å². The van der Waals surface area contributed by atoms with Crippen molar-refractivity contribution < 1.29 is 4.79 Å². The van der Waals surface area contributed by atoms with Gasteiger partial charge in [0, 0.05) is 22.8 Å². The second-order valence-corrected chi connectivity index (χ2v) is 6.44. The van der Waals surface area contributed by atoms with E-state index in [4.69, 9.17) is 11.6 Å². The smallest absolute Gasteiger partial charge is 0.256 e. The van der Waals surface area contributed by atoms with Gasteiger partial charge in [0.1, 0.15) is 0 Å². The number of amides is 1. The number of carbonyl (C=O) groups excluding carboxylic acids is 1. The summed E-state index contributed by atoms with van der Waals surface area (Å²) < 4.78 is 1.81. The van der Waals surface area contributed by atoms with E-state index in [9.17, 15) is 4.79 Å². The quantitative estimate of drug-likeness (QED) is 0.556. The molecule has 0 spiro atoms. The van der Waals surface area contributed by atoms with Gasteiger partial charge in [-0.2, -0.15) is 5.10 Å². The SMILES string of the molecule is O=C(Nc1ccn(Cc2cccc3ccccc23)n1)c1cccc(Cl)c1. The molecule has 26 heavy (non-hydrogen) atoms. The van der Waals surface area contributed by atoms with Crippen LogP contribution in [0, 0.1) is 0 Å². The lowest BCUT2D eigenvalue weighted by Gasteiger charge is -2.07. The van der Waals surface area contributed by atoms with Gasteiger partial charge in [0.25, 0.3) is 5.91 Å². The Labute approximate surface area is 156 Å². The Morgan fingerprint density at radius 1 is 1.00 bits per heavy atom. The Morgan fingerprint density at radius 3 is 2.69 bits per heavy atom. The van der Waals surface area contributed by atoms with E-state index in [1.54, 1.807) is 30.3 Å². The van der Waals surface area contributed by atoms with Crippen LogP contribution in [0.4, 0.5) is 5.82 Å². The van der Waals surface area contributed by atoms with Crippen LogP contribution < -0.4 is 5.32 Å². The molecule has 3 aromatic carbocycles. The molecule has 5 heteroatoms. The second kappa shape index (κ2) is 7.02. The van der Waals surface area contributed by atoms with Crippen molar-refractivity contribution in [3.8, 4) is 0 Å². The van der Waals surface area contributed by atoms with E-state index in [-0.39, 0.29) is 5.91 Å². The monoisotopic (exact) mass is 361 g/mol. The summed E-state index contributed by atoms with van der Waals surface area (Å²) in [5, 5.41) is 10.2. The number of anilines is 1. The van der Waals surface area contributed by atoms with Crippen molar-refractivity contribution in [1.29, 1.82) is 0 Å². The van der Waals surface area contributed by atoms with Crippen LogP contribution in [0.3, 0.4) is 0 Å². The first-order valence-corrected chi connectivity index (χ1v) is 8.64. The first-order chi connectivity index (χ1) is 12.7. The highest BCUT2D eigenvalue weighted by atomic mass is 35.5. The third-order valence-corrected chi connectivity index (χ3v) is 4.42. The Kier molecular flexibility index (Phi) is 4.42. The largest absolute Gasteiger partial charge is 0.305 e. The molecule has 1 aromatic heterocycles. The third kappa shape index (κ3) is 3.46. The number of halogens is 1. The van der Waals surface area contributed by atoms with Gasteiger partial charge in [-0.15, -0.1) is 0 Å². The molecule has 0 aliphatic heterocycles. The maximum absolute atomic E-state index is 12.3. The molecule has 0 aliphatic carbocycles. The average molecular weight is 362 g/mol. The van der Waals surface area contributed by atoms with Crippen molar-refractivity contribution in [1.82, 2.24) is 9.78 Å². The molecule has 0 unspecified atom stereocenters. The van der Waals surface area contributed by atoms with Gasteiger partial charge in [-0.1, -0.05) is 60.1 Å².